The summed E-state index contributed by atoms with van der Waals surface area (Å²) in [6.45, 7) is 2.14. The summed E-state index contributed by atoms with van der Waals surface area (Å²) in [6, 6.07) is 6.60. The molecule has 1 saturated heterocycles. The van der Waals surface area contributed by atoms with Crippen LogP contribution in [0.3, 0.4) is 0 Å². The minimum absolute atomic E-state index is 0.129. The van der Waals surface area contributed by atoms with Crippen LogP contribution in [0.2, 0.25) is 0 Å². The summed E-state index contributed by atoms with van der Waals surface area (Å²) in [4.78, 5) is 24.8. The molecule has 0 spiro atoms. The first kappa shape index (κ1) is 13.6. The number of imide groups is 1. The second-order valence-electron chi connectivity index (χ2n) is 4.18. The highest BCUT2D eigenvalue weighted by atomic mass is 79.9. The number of likely N-dealkylation sites (N-methyl/N-ethyl adjacent to an activating group) is 1. The number of carbonyl (C=O) groups is 2. The van der Waals surface area contributed by atoms with E-state index >= 15 is 0 Å². The van der Waals surface area contributed by atoms with E-state index in [4.69, 9.17) is 5.26 Å². The molecule has 1 atom stereocenters. The molecular weight excluding hydrogens is 310 g/mol. The van der Waals surface area contributed by atoms with Crippen molar-refractivity contribution in [1.82, 2.24) is 4.90 Å². The monoisotopic (exact) mass is 321 g/mol. The van der Waals surface area contributed by atoms with Gasteiger partial charge in [0.2, 0.25) is 5.91 Å². The zero-order chi connectivity index (χ0) is 14.0. The van der Waals surface area contributed by atoms with Gasteiger partial charge in [0.25, 0.3) is 5.91 Å². The first-order valence-electron chi connectivity index (χ1n) is 5.87. The number of benzene rings is 1. The summed E-state index contributed by atoms with van der Waals surface area (Å²) >= 11 is 3.32. The van der Waals surface area contributed by atoms with Crippen molar-refractivity contribution in [2.75, 3.05) is 11.9 Å². The van der Waals surface area contributed by atoms with E-state index in [-0.39, 0.29) is 18.2 Å². The summed E-state index contributed by atoms with van der Waals surface area (Å²) < 4.78 is 0.804. The van der Waals surface area contributed by atoms with Crippen molar-refractivity contribution in [3.05, 3.63) is 28.2 Å². The Kier molecular flexibility index (Phi) is 3.86. The van der Waals surface area contributed by atoms with Crippen LogP contribution in [-0.4, -0.2) is 29.3 Å². The lowest BCUT2D eigenvalue weighted by Gasteiger charge is -2.15. The predicted octanol–water partition coefficient (Wildman–Crippen LogP) is 1.88. The number of nitriles is 1. The van der Waals surface area contributed by atoms with Crippen molar-refractivity contribution < 1.29 is 9.59 Å². The molecule has 2 rings (SSSR count). The molecule has 1 aromatic rings. The van der Waals surface area contributed by atoms with Gasteiger partial charge in [0, 0.05) is 11.0 Å². The van der Waals surface area contributed by atoms with E-state index in [1.165, 1.54) is 4.90 Å². The van der Waals surface area contributed by atoms with E-state index < -0.39 is 6.04 Å². The zero-order valence-corrected chi connectivity index (χ0v) is 11.9. The maximum atomic E-state index is 12.0. The van der Waals surface area contributed by atoms with E-state index in [0.717, 1.165) is 4.47 Å². The minimum atomic E-state index is -0.589. The SMILES string of the molecule is CCN1C(=O)CC(Nc2cc(Br)ccc2C#N)C1=O. The van der Waals surface area contributed by atoms with Gasteiger partial charge in [-0.25, -0.2) is 0 Å². The van der Waals surface area contributed by atoms with Gasteiger partial charge in [-0.2, -0.15) is 5.26 Å². The van der Waals surface area contributed by atoms with Crippen molar-refractivity contribution in [1.29, 1.82) is 5.26 Å². The Morgan fingerprint density at radius 1 is 1.53 bits per heavy atom. The number of rotatable bonds is 3. The third kappa shape index (κ3) is 2.61. The van der Waals surface area contributed by atoms with Crippen molar-refractivity contribution in [3.8, 4) is 6.07 Å². The zero-order valence-electron chi connectivity index (χ0n) is 10.3. The van der Waals surface area contributed by atoms with Gasteiger partial charge in [-0.1, -0.05) is 15.9 Å². The Morgan fingerprint density at radius 3 is 2.84 bits per heavy atom. The molecule has 0 aliphatic carbocycles. The minimum Gasteiger partial charge on any atom is -0.372 e. The predicted molar refractivity (Wildman–Crippen MR) is 73.3 cm³/mol. The highest BCUT2D eigenvalue weighted by Crippen LogP contribution is 2.24. The van der Waals surface area contributed by atoms with Crippen LogP contribution in [0.15, 0.2) is 22.7 Å². The van der Waals surface area contributed by atoms with E-state index in [9.17, 15) is 9.59 Å². The quantitative estimate of drug-likeness (QED) is 0.863. The van der Waals surface area contributed by atoms with Gasteiger partial charge < -0.3 is 5.32 Å². The van der Waals surface area contributed by atoms with E-state index in [1.807, 2.05) is 0 Å². The fraction of sp³-hybridized carbons (Fsp3) is 0.308. The van der Waals surface area contributed by atoms with E-state index in [1.54, 1.807) is 25.1 Å². The van der Waals surface area contributed by atoms with Crippen LogP contribution in [-0.2, 0) is 9.59 Å². The molecule has 6 heteroatoms. The van der Waals surface area contributed by atoms with Crippen LogP contribution < -0.4 is 5.32 Å². The molecule has 1 aromatic carbocycles. The average Bonchev–Trinajstić information content (AvgIpc) is 2.64. The number of carbonyl (C=O) groups excluding carboxylic acids is 2. The third-order valence-corrected chi connectivity index (χ3v) is 3.49. The number of nitrogens with one attached hydrogen (secondary N) is 1. The summed E-state index contributed by atoms with van der Waals surface area (Å²) in [6.07, 6.45) is 0.129. The first-order chi connectivity index (χ1) is 9.06. The second kappa shape index (κ2) is 5.41. The van der Waals surface area contributed by atoms with Crippen LogP contribution in [0, 0.1) is 11.3 Å². The lowest BCUT2D eigenvalue weighted by molar-refractivity contribution is -0.138. The number of nitrogens with zero attached hydrogens (tertiary/aromatic N) is 2. The number of halogens is 1. The number of hydrogen-bond acceptors (Lipinski definition) is 4. The molecule has 0 saturated carbocycles. The summed E-state index contributed by atoms with van der Waals surface area (Å²) in [5.41, 5.74) is 0.999. The molecule has 1 heterocycles. The molecule has 0 radical (unpaired) electrons. The van der Waals surface area contributed by atoms with Crippen LogP contribution in [0.1, 0.15) is 18.9 Å². The van der Waals surface area contributed by atoms with Gasteiger partial charge in [-0.3, -0.25) is 14.5 Å². The van der Waals surface area contributed by atoms with Crippen LogP contribution >= 0.6 is 15.9 Å². The summed E-state index contributed by atoms with van der Waals surface area (Å²) in [5, 5.41) is 12.0. The smallest absolute Gasteiger partial charge is 0.252 e. The van der Waals surface area contributed by atoms with Gasteiger partial charge in [-0.05, 0) is 25.1 Å². The number of amides is 2. The van der Waals surface area contributed by atoms with Crippen LogP contribution in [0.25, 0.3) is 0 Å². The van der Waals surface area contributed by atoms with Crippen LogP contribution in [0.4, 0.5) is 5.69 Å². The standard InChI is InChI=1S/C13H12BrN3O2/c1-2-17-12(18)6-11(13(17)19)16-10-5-9(14)4-3-8(10)7-15/h3-5,11,16H,2,6H2,1H3. The lowest BCUT2D eigenvalue weighted by atomic mass is 10.1. The van der Waals surface area contributed by atoms with E-state index in [2.05, 4.69) is 27.3 Å². The lowest BCUT2D eigenvalue weighted by Crippen LogP contribution is -2.34. The maximum absolute atomic E-state index is 12.0. The fourth-order valence-electron chi connectivity index (χ4n) is 2.05. The number of anilines is 1. The summed E-state index contributed by atoms with van der Waals surface area (Å²) in [5.74, 6) is -0.421. The molecule has 98 valence electrons. The molecule has 0 bridgehead atoms. The largest absolute Gasteiger partial charge is 0.372 e. The van der Waals surface area contributed by atoms with Crippen molar-refractivity contribution in [3.63, 3.8) is 0 Å². The Hall–Kier alpha value is -1.87. The topological polar surface area (TPSA) is 73.2 Å². The second-order valence-corrected chi connectivity index (χ2v) is 5.09. The fourth-order valence-corrected chi connectivity index (χ4v) is 2.41. The molecule has 1 unspecified atom stereocenters. The Balaban J connectivity index is 2.23. The van der Waals surface area contributed by atoms with E-state index in [0.29, 0.717) is 17.8 Å². The number of hydrogen-bond donors (Lipinski definition) is 1. The molecule has 1 fully saturated rings. The van der Waals surface area contributed by atoms with Gasteiger partial charge in [0.1, 0.15) is 12.1 Å². The molecule has 1 aliphatic heterocycles. The Morgan fingerprint density at radius 2 is 2.26 bits per heavy atom. The van der Waals surface area contributed by atoms with Crippen molar-refractivity contribution >= 4 is 33.4 Å². The molecule has 1 aliphatic rings. The Labute approximate surface area is 119 Å². The van der Waals surface area contributed by atoms with Crippen LogP contribution in [0.5, 0.6) is 0 Å². The molecule has 2 amide bonds. The highest BCUT2D eigenvalue weighted by Gasteiger charge is 2.37. The molecule has 1 N–H and O–H groups in total. The van der Waals surface area contributed by atoms with Gasteiger partial charge >= 0.3 is 0 Å². The van der Waals surface area contributed by atoms with Crippen molar-refractivity contribution in [2.45, 2.75) is 19.4 Å². The first-order valence-corrected chi connectivity index (χ1v) is 6.66. The molecule has 5 nitrogen and oxygen atoms in total. The molecule has 19 heavy (non-hydrogen) atoms. The highest BCUT2D eigenvalue weighted by molar-refractivity contribution is 9.10. The normalized spacial score (nSPS) is 18.6. The third-order valence-electron chi connectivity index (χ3n) is 2.99. The molecule has 0 aromatic heterocycles. The van der Waals surface area contributed by atoms with Crippen molar-refractivity contribution in [2.24, 2.45) is 0 Å². The van der Waals surface area contributed by atoms with Gasteiger partial charge in [0.05, 0.1) is 17.7 Å². The summed E-state index contributed by atoms with van der Waals surface area (Å²) in [7, 11) is 0. The molecular formula is C13H12BrN3O2. The van der Waals surface area contributed by atoms with Gasteiger partial charge in [-0.15, -0.1) is 0 Å². The number of likely N-dealkylation sites (tertiary alicyclic amines) is 1. The maximum Gasteiger partial charge on any atom is 0.252 e. The average molecular weight is 322 g/mol. The van der Waals surface area contributed by atoms with Gasteiger partial charge in [0.15, 0.2) is 0 Å². The Bertz CT molecular complexity index is 580.